The number of rotatable bonds is 5. The zero-order chi connectivity index (χ0) is 16.1. The molecule has 1 heterocycles. The van der Waals surface area contributed by atoms with Crippen LogP contribution in [0.15, 0.2) is 29.4 Å². The molecule has 2 aromatic rings. The van der Waals surface area contributed by atoms with E-state index in [0.29, 0.717) is 17.3 Å². The SMILES string of the molecule is CCOc1cccc(/C=N\n2c(C3CCCCC3)n[nH]c2=S)c1. The molecule has 1 aromatic carbocycles. The van der Waals surface area contributed by atoms with E-state index in [1.54, 1.807) is 10.9 Å². The molecule has 1 aliphatic rings. The van der Waals surface area contributed by atoms with Gasteiger partial charge in [0.15, 0.2) is 5.82 Å². The summed E-state index contributed by atoms with van der Waals surface area (Å²) in [6.45, 7) is 2.63. The Morgan fingerprint density at radius 2 is 2.22 bits per heavy atom. The van der Waals surface area contributed by atoms with Crippen molar-refractivity contribution in [2.24, 2.45) is 5.10 Å². The molecule has 5 nitrogen and oxygen atoms in total. The molecule has 1 saturated carbocycles. The highest BCUT2D eigenvalue weighted by Crippen LogP contribution is 2.31. The molecular formula is C17H22N4OS. The molecule has 0 atom stereocenters. The molecule has 0 unspecified atom stereocenters. The van der Waals surface area contributed by atoms with E-state index < -0.39 is 0 Å². The number of nitrogens with one attached hydrogen (secondary N) is 1. The van der Waals surface area contributed by atoms with Gasteiger partial charge in [-0.3, -0.25) is 5.10 Å². The van der Waals surface area contributed by atoms with Gasteiger partial charge in [0.2, 0.25) is 4.77 Å². The molecule has 3 rings (SSSR count). The van der Waals surface area contributed by atoms with Crippen molar-refractivity contribution in [2.45, 2.75) is 44.9 Å². The minimum atomic E-state index is 0.448. The second kappa shape index (κ2) is 7.55. The lowest BCUT2D eigenvalue weighted by Gasteiger charge is -2.19. The summed E-state index contributed by atoms with van der Waals surface area (Å²) in [5, 5.41) is 11.8. The molecule has 0 amide bonds. The van der Waals surface area contributed by atoms with Crippen LogP contribution in [0.25, 0.3) is 0 Å². The van der Waals surface area contributed by atoms with Gasteiger partial charge >= 0.3 is 0 Å². The first kappa shape index (κ1) is 15.9. The van der Waals surface area contributed by atoms with E-state index in [1.807, 2.05) is 31.2 Å². The van der Waals surface area contributed by atoms with Gasteiger partial charge in [-0.1, -0.05) is 31.4 Å². The first-order valence-electron chi connectivity index (χ1n) is 8.22. The second-order valence-corrected chi connectivity index (χ2v) is 6.17. The smallest absolute Gasteiger partial charge is 0.216 e. The lowest BCUT2D eigenvalue weighted by atomic mass is 9.89. The molecule has 0 radical (unpaired) electrons. The van der Waals surface area contributed by atoms with Gasteiger partial charge in [-0.15, -0.1) is 0 Å². The Morgan fingerprint density at radius 1 is 1.39 bits per heavy atom. The van der Waals surface area contributed by atoms with E-state index in [1.165, 1.54) is 19.3 Å². The summed E-state index contributed by atoms with van der Waals surface area (Å²) in [6.07, 6.45) is 7.95. The van der Waals surface area contributed by atoms with Crippen LogP contribution < -0.4 is 4.74 Å². The predicted octanol–water partition coefficient (Wildman–Crippen LogP) is 4.27. The van der Waals surface area contributed by atoms with Crippen LogP contribution in [-0.2, 0) is 0 Å². The van der Waals surface area contributed by atoms with Crippen molar-refractivity contribution in [3.8, 4) is 5.75 Å². The zero-order valence-electron chi connectivity index (χ0n) is 13.4. The Bertz CT molecular complexity index is 728. The molecule has 6 heteroatoms. The van der Waals surface area contributed by atoms with E-state index in [-0.39, 0.29) is 0 Å². The van der Waals surface area contributed by atoms with Crippen LogP contribution in [0.4, 0.5) is 0 Å². The maximum Gasteiger partial charge on any atom is 0.216 e. The van der Waals surface area contributed by atoms with Gasteiger partial charge in [0, 0.05) is 5.92 Å². The summed E-state index contributed by atoms with van der Waals surface area (Å²) in [4.78, 5) is 0. The number of hydrogen-bond acceptors (Lipinski definition) is 4. The summed E-state index contributed by atoms with van der Waals surface area (Å²) in [7, 11) is 0. The maximum absolute atomic E-state index is 5.52. The third-order valence-corrected chi connectivity index (χ3v) is 4.40. The standard InChI is InChI=1S/C17H22N4OS/c1-2-22-15-10-6-7-13(11-15)12-18-21-16(19-20-17(21)23)14-8-4-3-5-9-14/h6-7,10-12,14H,2-5,8-9H2,1H3,(H,20,23)/b18-12-. The summed E-state index contributed by atoms with van der Waals surface area (Å²) in [6, 6.07) is 7.87. The predicted molar refractivity (Wildman–Crippen MR) is 93.8 cm³/mol. The van der Waals surface area contributed by atoms with Crippen molar-refractivity contribution in [1.29, 1.82) is 0 Å². The van der Waals surface area contributed by atoms with Gasteiger partial charge in [0.25, 0.3) is 0 Å². The third-order valence-electron chi connectivity index (χ3n) is 4.14. The van der Waals surface area contributed by atoms with Crippen LogP contribution >= 0.6 is 12.2 Å². The third kappa shape index (κ3) is 3.88. The topological polar surface area (TPSA) is 55.2 Å². The van der Waals surface area contributed by atoms with Crippen molar-refractivity contribution in [1.82, 2.24) is 14.9 Å². The number of nitrogens with zero attached hydrogens (tertiary/aromatic N) is 3. The van der Waals surface area contributed by atoms with Gasteiger partial charge in [-0.05, 0) is 49.7 Å². The Balaban J connectivity index is 1.83. The summed E-state index contributed by atoms with van der Waals surface area (Å²) >= 11 is 5.33. The number of H-pyrrole nitrogens is 1. The maximum atomic E-state index is 5.52. The molecular weight excluding hydrogens is 308 g/mol. The van der Waals surface area contributed by atoms with Crippen molar-refractivity contribution in [3.63, 3.8) is 0 Å². The van der Waals surface area contributed by atoms with Crippen LogP contribution in [-0.4, -0.2) is 27.7 Å². The van der Waals surface area contributed by atoms with Crippen LogP contribution in [0.5, 0.6) is 5.75 Å². The van der Waals surface area contributed by atoms with Gasteiger partial charge < -0.3 is 4.74 Å². The highest BCUT2D eigenvalue weighted by atomic mass is 32.1. The van der Waals surface area contributed by atoms with Gasteiger partial charge in [0.1, 0.15) is 5.75 Å². The number of aromatic amines is 1. The molecule has 1 fully saturated rings. The highest BCUT2D eigenvalue weighted by Gasteiger charge is 2.21. The zero-order valence-corrected chi connectivity index (χ0v) is 14.2. The van der Waals surface area contributed by atoms with Crippen molar-refractivity contribution in [3.05, 3.63) is 40.4 Å². The van der Waals surface area contributed by atoms with E-state index in [2.05, 4.69) is 15.3 Å². The minimum absolute atomic E-state index is 0.448. The lowest BCUT2D eigenvalue weighted by molar-refractivity contribution is 0.340. The fourth-order valence-electron chi connectivity index (χ4n) is 3.02. The van der Waals surface area contributed by atoms with Crippen LogP contribution in [0, 0.1) is 4.77 Å². The van der Waals surface area contributed by atoms with E-state index >= 15 is 0 Å². The first-order chi connectivity index (χ1) is 11.3. The number of hydrogen-bond donors (Lipinski definition) is 1. The molecule has 23 heavy (non-hydrogen) atoms. The van der Waals surface area contributed by atoms with Crippen molar-refractivity contribution >= 4 is 18.4 Å². The highest BCUT2D eigenvalue weighted by molar-refractivity contribution is 7.71. The number of aromatic nitrogens is 3. The average Bonchev–Trinajstić information content (AvgIpc) is 2.95. The Morgan fingerprint density at radius 3 is 3.00 bits per heavy atom. The summed E-state index contributed by atoms with van der Waals surface area (Å²) in [5.74, 6) is 2.25. The fraction of sp³-hybridized carbons (Fsp3) is 0.471. The molecule has 0 aliphatic heterocycles. The molecule has 0 bridgehead atoms. The molecule has 1 aromatic heterocycles. The summed E-state index contributed by atoms with van der Waals surface area (Å²) < 4.78 is 7.83. The largest absolute Gasteiger partial charge is 0.494 e. The lowest BCUT2D eigenvalue weighted by Crippen LogP contribution is -2.10. The van der Waals surface area contributed by atoms with Crippen LogP contribution in [0.3, 0.4) is 0 Å². The first-order valence-corrected chi connectivity index (χ1v) is 8.63. The number of benzene rings is 1. The van der Waals surface area contributed by atoms with E-state index in [9.17, 15) is 0 Å². The van der Waals surface area contributed by atoms with Crippen LogP contribution in [0.1, 0.15) is 56.3 Å². The van der Waals surface area contributed by atoms with Crippen molar-refractivity contribution in [2.75, 3.05) is 6.61 Å². The molecule has 0 spiro atoms. The fourth-order valence-corrected chi connectivity index (χ4v) is 3.20. The molecule has 1 aliphatic carbocycles. The van der Waals surface area contributed by atoms with E-state index in [4.69, 9.17) is 17.0 Å². The van der Waals surface area contributed by atoms with Crippen molar-refractivity contribution < 1.29 is 4.74 Å². The normalized spacial score (nSPS) is 16.0. The monoisotopic (exact) mass is 330 g/mol. The van der Waals surface area contributed by atoms with E-state index in [0.717, 1.165) is 30.0 Å². The second-order valence-electron chi connectivity index (χ2n) is 5.78. The minimum Gasteiger partial charge on any atom is -0.494 e. The molecule has 1 N–H and O–H groups in total. The molecule has 0 saturated heterocycles. The van der Waals surface area contributed by atoms with Gasteiger partial charge in [-0.25, -0.2) is 0 Å². The summed E-state index contributed by atoms with van der Waals surface area (Å²) in [5.41, 5.74) is 0.980. The Kier molecular flexibility index (Phi) is 5.23. The van der Waals surface area contributed by atoms with Crippen LogP contribution in [0.2, 0.25) is 0 Å². The molecule has 122 valence electrons. The Hall–Kier alpha value is -1.95. The van der Waals surface area contributed by atoms with Gasteiger partial charge in [0.05, 0.1) is 12.8 Å². The van der Waals surface area contributed by atoms with Gasteiger partial charge in [-0.2, -0.15) is 14.9 Å². The quantitative estimate of drug-likeness (QED) is 0.658. The average molecular weight is 330 g/mol. The number of ether oxygens (including phenoxy) is 1. The Labute approximate surface area is 141 Å².